The zero-order chi connectivity index (χ0) is 14.5. The largest absolute Gasteiger partial charge is 0.444 e. The van der Waals surface area contributed by atoms with Crippen LogP contribution in [0.4, 0.5) is 4.79 Å². The molecule has 1 saturated heterocycles. The third-order valence-electron chi connectivity index (χ3n) is 3.74. The zero-order valence-corrected chi connectivity index (χ0v) is 12.6. The molecule has 7 heteroatoms. The van der Waals surface area contributed by atoms with Gasteiger partial charge in [0.15, 0.2) is 5.82 Å². The van der Waals surface area contributed by atoms with Crippen molar-refractivity contribution < 1.29 is 14.1 Å². The molecule has 1 amide bonds. The van der Waals surface area contributed by atoms with Gasteiger partial charge < -0.3 is 14.2 Å². The van der Waals surface area contributed by atoms with Crippen LogP contribution in [0.5, 0.6) is 0 Å². The van der Waals surface area contributed by atoms with E-state index in [0.717, 1.165) is 5.82 Å². The van der Waals surface area contributed by atoms with E-state index in [1.165, 1.54) is 0 Å². The Morgan fingerprint density at radius 2 is 2.10 bits per heavy atom. The third-order valence-corrected chi connectivity index (χ3v) is 3.97. The predicted molar refractivity (Wildman–Crippen MR) is 71.4 cm³/mol. The van der Waals surface area contributed by atoms with Gasteiger partial charge in [-0.25, -0.2) is 4.79 Å². The number of fused-ring (bicyclic) bond motifs is 1. The number of carbonyl (C=O) groups is 1. The summed E-state index contributed by atoms with van der Waals surface area (Å²) in [7, 11) is 0. The van der Waals surface area contributed by atoms with Gasteiger partial charge in [0.1, 0.15) is 11.5 Å². The number of likely N-dealkylation sites (tertiary alicyclic amines) is 1. The van der Waals surface area contributed by atoms with Crippen molar-refractivity contribution in [2.24, 2.45) is 11.8 Å². The van der Waals surface area contributed by atoms with E-state index in [1.807, 2.05) is 20.8 Å². The number of aromatic nitrogens is 2. The molecule has 3 rings (SSSR count). The average Bonchev–Trinajstić information content (AvgIpc) is 2.80. The Morgan fingerprint density at radius 3 is 2.60 bits per heavy atom. The summed E-state index contributed by atoms with van der Waals surface area (Å²) in [5.74, 6) is 2.55. The summed E-state index contributed by atoms with van der Waals surface area (Å²) in [6.07, 6.45) is -0.238. The van der Waals surface area contributed by atoms with Crippen LogP contribution in [0, 0.1) is 11.8 Å². The molecule has 1 aliphatic heterocycles. The fraction of sp³-hybridized carbons (Fsp3) is 0.769. The second-order valence-corrected chi connectivity index (χ2v) is 6.69. The highest BCUT2D eigenvalue weighted by atomic mass is 35.5. The van der Waals surface area contributed by atoms with Gasteiger partial charge in [-0.3, -0.25) is 0 Å². The molecule has 20 heavy (non-hydrogen) atoms. The fourth-order valence-corrected chi connectivity index (χ4v) is 2.95. The molecule has 0 N–H and O–H groups in total. The Morgan fingerprint density at radius 1 is 1.45 bits per heavy atom. The first-order valence-electron chi connectivity index (χ1n) is 6.75. The summed E-state index contributed by atoms with van der Waals surface area (Å²) >= 11 is 5.65. The molecular weight excluding hydrogens is 282 g/mol. The van der Waals surface area contributed by atoms with Crippen molar-refractivity contribution in [1.82, 2.24) is 15.0 Å². The van der Waals surface area contributed by atoms with Crippen LogP contribution in [0.15, 0.2) is 4.52 Å². The zero-order valence-electron chi connectivity index (χ0n) is 11.8. The molecule has 1 aromatic heterocycles. The molecule has 1 aliphatic carbocycles. The Hall–Kier alpha value is -1.30. The van der Waals surface area contributed by atoms with Crippen molar-refractivity contribution in [2.75, 3.05) is 13.1 Å². The van der Waals surface area contributed by atoms with Gasteiger partial charge in [-0.2, -0.15) is 4.98 Å². The van der Waals surface area contributed by atoms with E-state index in [4.69, 9.17) is 20.9 Å². The van der Waals surface area contributed by atoms with E-state index < -0.39 is 5.60 Å². The molecule has 0 aromatic carbocycles. The minimum atomic E-state index is -0.452. The van der Waals surface area contributed by atoms with Crippen LogP contribution in [0.3, 0.4) is 0 Å². The Bertz CT molecular complexity index is 513. The summed E-state index contributed by atoms with van der Waals surface area (Å²) in [4.78, 5) is 18.0. The first-order chi connectivity index (χ1) is 9.39. The van der Waals surface area contributed by atoms with Crippen LogP contribution in [0.25, 0.3) is 0 Å². The molecule has 0 spiro atoms. The Labute approximate surface area is 122 Å². The quantitative estimate of drug-likeness (QED) is 0.784. The highest BCUT2D eigenvalue weighted by Crippen LogP contribution is 2.57. The third kappa shape index (κ3) is 2.49. The monoisotopic (exact) mass is 299 g/mol. The van der Waals surface area contributed by atoms with Gasteiger partial charge in [-0.15, -0.1) is 11.6 Å². The second kappa shape index (κ2) is 4.62. The maximum atomic E-state index is 12.0. The molecular formula is C13H18ClN3O3. The molecule has 2 fully saturated rings. The number of piperidine rings is 1. The molecule has 6 nitrogen and oxygen atoms in total. The molecule has 110 valence electrons. The van der Waals surface area contributed by atoms with E-state index in [-0.39, 0.29) is 12.0 Å². The van der Waals surface area contributed by atoms with E-state index >= 15 is 0 Å². The van der Waals surface area contributed by atoms with E-state index in [2.05, 4.69) is 10.1 Å². The smallest absolute Gasteiger partial charge is 0.410 e. The Kier molecular flexibility index (Phi) is 3.16. The number of carbonyl (C=O) groups excluding carboxylic acids is 1. The molecule has 3 atom stereocenters. The number of nitrogens with zero attached hydrogens (tertiary/aromatic N) is 3. The summed E-state index contributed by atoms with van der Waals surface area (Å²) in [5.41, 5.74) is -0.452. The van der Waals surface area contributed by atoms with Crippen LogP contribution in [0.1, 0.15) is 38.4 Å². The minimum Gasteiger partial charge on any atom is -0.444 e. The van der Waals surface area contributed by atoms with Gasteiger partial charge in [-0.1, -0.05) is 5.16 Å². The van der Waals surface area contributed by atoms with E-state index in [9.17, 15) is 4.79 Å². The molecule has 0 radical (unpaired) electrons. The topological polar surface area (TPSA) is 68.5 Å². The molecule has 1 aromatic rings. The van der Waals surface area contributed by atoms with Gasteiger partial charge in [0.25, 0.3) is 0 Å². The van der Waals surface area contributed by atoms with Gasteiger partial charge in [0.05, 0.1) is 0 Å². The number of ether oxygens (including phenoxy) is 1. The van der Waals surface area contributed by atoms with Crippen LogP contribution >= 0.6 is 11.6 Å². The molecule has 1 unspecified atom stereocenters. The van der Waals surface area contributed by atoms with Crippen molar-refractivity contribution in [2.45, 2.75) is 38.2 Å². The molecule has 2 aliphatic rings. The number of hydrogen-bond acceptors (Lipinski definition) is 5. The van der Waals surface area contributed by atoms with E-state index in [1.54, 1.807) is 4.90 Å². The highest BCUT2D eigenvalue weighted by molar-refractivity contribution is 6.16. The predicted octanol–water partition coefficient (Wildman–Crippen LogP) is 2.39. The lowest BCUT2D eigenvalue weighted by Gasteiger charge is -2.25. The van der Waals surface area contributed by atoms with Crippen LogP contribution < -0.4 is 0 Å². The van der Waals surface area contributed by atoms with Gasteiger partial charge in [-0.05, 0) is 32.6 Å². The van der Waals surface area contributed by atoms with Gasteiger partial charge >= 0.3 is 6.09 Å². The van der Waals surface area contributed by atoms with Crippen LogP contribution in [-0.2, 0) is 10.6 Å². The first-order valence-corrected chi connectivity index (χ1v) is 7.29. The summed E-state index contributed by atoms with van der Waals surface area (Å²) in [6, 6.07) is 0. The molecule has 2 heterocycles. The average molecular weight is 300 g/mol. The van der Waals surface area contributed by atoms with Gasteiger partial charge in [0.2, 0.25) is 5.89 Å². The summed E-state index contributed by atoms with van der Waals surface area (Å²) in [5, 5.41) is 3.96. The normalized spacial score (nSPS) is 28.4. The maximum absolute atomic E-state index is 12.0. The van der Waals surface area contributed by atoms with E-state index in [0.29, 0.717) is 36.7 Å². The standard InChI is InChI=1S/C13H18ClN3O3/c1-13(2,3)19-12(18)17-5-7-8(6-17)10(7)11-15-9(4-14)20-16-11/h7-8,10H,4-6H2,1-3H3/t7-,8+,10?. The lowest BCUT2D eigenvalue weighted by Crippen LogP contribution is -2.36. The molecule has 0 bridgehead atoms. The minimum absolute atomic E-state index is 0.235. The fourth-order valence-electron chi connectivity index (χ4n) is 2.84. The molecule has 1 saturated carbocycles. The number of hydrogen-bond donors (Lipinski definition) is 0. The van der Waals surface area contributed by atoms with Crippen LogP contribution in [-0.4, -0.2) is 39.8 Å². The number of alkyl halides is 1. The summed E-state index contributed by atoms with van der Waals surface area (Å²) in [6.45, 7) is 7.02. The maximum Gasteiger partial charge on any atom is 0.410 e. The van der Waals surface area contributed by atoms with Crippen molar-refractivity contribution in [3.8, 4) is 0 Å². The lowest BCUT2D eigenvalue weighted by molar-refractivity contribution is 0.0270. The van der Waals surface area contributed by atoms with Crippen molar-refractivity contribution in [1.29, 1.82) is 0 Å². The SMILES string of the molecule is CC(C)(C)OC(=O)N1C[C@@H]2C(c3noc(CCl)n3)[C@@H]2C1. The number of rotatable bonds is 2. The van der Waals surface area contributed by atoms with Crippen molar-refractivity contribution in [3.05, 3.63) is 11.7 Å². The van der Waals surface area contributed by atoms with Gasteiger partial charge in [0, 0.05) is 19.0 Å². The summed E-state index contributed by atoms with van der Waals surface area (Å²) < 4.78 is 10.4. The van der Waals surface area contributed by atoms with Crippen molar-refractivity contribution >= 4 is 17.7 Å². The Balaban J connectivity index is 1.56. The number of halogens is 1. The second-order valence-electron chi connectivity index (χ2n) is 6.42. The lowest BCUT2D eigenvalue weighted by atomic mass is 10.2. The van der Waals surface area contributed by atoms with Crippen LogP contribution in [0.2, 0.25) is 0 Å². The highest BCUT2D eigenvalue weighted by Gasteiger charge is 2.59. The number of amides is 1. The van der Waals surface area contributed by atoms with Crippen molar-refractivity contribution in [3.63, 3.8) is 0 Å². The first kappa shape index (κ1) is 13.7.